The Morgan fingerprint density at radius 2 is 2.33 bits per heavy atom. The van der Waals surface area contributed by atoms with Crippen molar-refractivity contribution < 1.29 is 9.72 Å². The molecule has 1 aliphatic rings. The third-order valence-electron chi connectivity index (χ3n) is 3.61. The minimum Gasteiger partial charge on any atom is -0.303 e. The number of nitrogens with zero attached hydrogens (tertiary/aromatic N) is 1. The molecule has 1 rings (SSSR count). The molecule has 1 fully saturated rings. The molecule has 0 spiro atoms. The Bertz CT molecular complexity index is 242. The molecule has 1 saturated carbocycles. The predicted octanol–water partition coefficient (Wildman–Crippen LogP) is 2.44. The van der Waals surface area contributed by atoms with Crippen molar-refractivity contribution in [2.75, 3.05) is 6.54 Å². The zero-order valence-electron chi connectivity index (χ0n) is 9.28. The molecule has 4 nitrogen and oxygen atoms in total. The van der Waals surface area contributed by atoms with Gasteiger partial charge in [-0.05, 0) is 19.3 Å². The second-order valence-corrected chi connectivity index (χ2v) is 4.56. The summed E-state index contributed by atoms with van der Waals surface area (Å²) in [6.45, 7) is 2.04. The van der Waals surface area contributed by atoms with E-state index in [4.69, 9.17) is 0 Å². The van der Waals surface area contributed by atoms with Gasteiger partial charge in [0.25, 0.3) is 0 Å². The Hall–Kier alpha value is -0.930. The monoisotopic (exact) mass is 213 g/mol. The summed E-state index contributed by atoms with van der Waals surface area (Å²) in [5, 5.41) is 10.5. The van der Waals surface area contributed by atoms with Crippen LogP contribution in [0.4, 0.5) is 0 Å². The highest BCUT2D eigenvalue weighted by molar-refractivity contribution is 5.60. The van der Waals surface area contributed by atoms with Crippen LogP contribution >= 0.6 is 0 Å². The third-order valence-corrected chi connectivity index (χ3v) is 3.61. The van der Waals surface area contributed by atoms with E-state index in [2.05, 4.69) is 6.92 Å². The van der Waals surface area contributed by atoms with E-state index in [1.807, 2.05) is 0 Å². The molecule has 1 aliphatic carbocycles. The first-order chi connectivity index (χ1) is 7.14. The standard InChI is InChI=1S/C11H19NO3/c1-2-3-6-11(9-13)7-4-5-10(11)8-12(14)15/h9-10H,2-8H2,1H3/t10-,11-/m0/s1. The average molecular weight is 213 g/mol. The SMILES string of the molecule is CCCC[C@@]1(C=O)CCC[C@H]1C[N+](=O)[O-]. The van der Waals surface area contributed by atoms with E-state index in [0.29, 0.717) is 0 Å². The second kappa shape index (κ2) is 5.24. The van der Waals surface area contributed by atoms with Crippen LogP contribution in [0.5, 0.6) is 0 Å². The van der Waals surface area contributed by atoms with Crippen LogP contribution in [0.3, 0.4) is 0 Å². The molecule has 0 N–H and O–H groups in total. The molecule has 0 radical (unpaired) electrons. The van der Waals surface area contributed by atoms with Gasteiger partial charge in [-0.1, -0.05) is 26.2 Å². The third kappa shape index (κ3) is 2.76. The van der Waals surface area contributed by atoms with Crippen LogP contribution in [0.15, 0.2) is 0 Å². The van der Waals surface area contributed by atoms with E-state index in [1.165, 1.54) is 0 Å². The number of hydrogen-bond acceptors (Lipinski definition) is 3. The molecular weight excluding hydrogens is 194 g/mol. The fourth-order valence-corrected chi connectivity index (χ4v) is 2.67. The van der Waals surface area contributed by atoms with Crippen molar-refractivity contribution in [3.8, 4) is 0 Å². The Balaban J connectivity index is 2.67. The number of nitro groups is 1. The molecule has 0 unspecified atom stereocenters. The molecular formula is C11H19NO3. The molecule has 0 saturated heterocycles. The van der Waals surface area contributed by atoms with E-state index < -0.39 is 0 Å². The number of hydrogen-bond donors (Lipinski definition) is 0. The molecule has 15 heavy (non-hydrogen) atoms. The van der Waals surface area contributed by atoms with Crippen LogP contribution in [0, 0.1) is 21.4 Å². The van der Waals surface area contributed by atoms with Gasteiger partial charge in [-0.25, -0.2) is 0 Å². The van der Waals surface area contributed by atoms with Crippen molar-refractivity contribution in [2.45, 2.75) is 45.4 Å². The minimum atomic E-state index is -0.386. The van der Waals surface area contributed by atoms with Gasteiger partial charge in [0.2, 0.25) is 6.54 Å². The molecule has 0 aromatic rings. The molecule has 0 aromatic heterocycles. The number of unbranched alkanes of at least 4 members (excludes halogenated alkanes) is 1. The molecule has 0 heterocycles. The van der Waals surface area contributed by atoms with Crippen LogP contribution in [-0.4, -0.2) is 17.8 Å². The quantitative estimate of drug-likeness (QED) is 0.387. The smallest absolute Gasteiger partial charge is 0.207 e. The van der Waals surface area contributed by atoms with Gasteiger partial charge in [0, 0.05) is 16.3 Å². The lowest BCUT2D eigenvalue weighted by Crippen LogP contribution is -2.32. The summed E-state index contributed by atoms with van der Waals surface area (Å²) in [5.41, 5.74) is -0.386. The summed E-state index contributed by atoms with van der Waals surface area (Å²) in [6.07, 6.45) is 6.49. The lowest BCUT2D eigenvalue weighted by molar-refractivity contribution is -0.490. The summed E-state index contributed by atoms with van der Waals surface area (Å²) >= 11 is 0. The first-order valence-corrected chi connectivity index (χ1v) is 5.73. The molecule has 86 valence electrons. The lowest BCUT2D eigenvalue weighted by Gasteiger charge is -2.27. The van der Waals surface area contributed by atoms with Gasteiger partial charge in [-0.15, -0.1) is 0 Å². The van der Waals surface area contributed by atoms with Gasteiger partial charge >= 0.3 is 0 Å². The summed E-state index contributed by atoms with van der Waals surface area (Å²) in [4.78, 5) is 21.4. The molecule has 4 heteroatoms. The van der Waals surface area contributed by atoms with E-state index in [1.54, 1.807) is 0 Å². The molecule has 0 aliphatic heterocycles. The van der Waals surface area contributed by atoms with Crippen molar-refractivity contribution in [2.24, 2.45) is 11.3 Å². The molecule has 2 atom stereocenters. The fourth-order valence-electron chi connectivity index (χ4n) is 2.67. The highest BCUT2D eigenvalue weighted by Gasteiger charge is 2.44. The second-order valence-electron chi connectivity index (χ2n) is 4.56. The zero-order valence-corrected chi connectivity index (χ0v) is 9.28. The van der Waals surface area contributed by atoms with Crippen molar-refractivity contribution >= 4 is 6.29 Å². The number of carbonyl (C=O) groups is 1. The molecule has 0 bridgehead atoms. The first-order valence-electron chi connectivity index (χ1n) is 5.73. The van der Waals surface area contributed by atoms with E-state index in [-0.39, 0.29) is 22.8 Å². The van der Waals surface area contributed by atoms with Gasteiger partial charge in [0.15, 0.2) is 0 Å². The van der Waals surface area contributed by atoms with Crippen LogP contribution < -0.4 is 0 Å². The first kappa shape index (κ1) is 12.1. The number of rotatable bonds is 6. The predicted molar refractivity (Wildman–Crippen MR) is 57.2 cm³/mol. The van der Waals surface area contributed by atoms with Gasteiger partial charge in [-0.2, -0.15) is 0 Å². The Morgan fingerprint density at radius 1 is 1.60 bits per heavy atom. The van der Waals surface area contributed by atoms with Crippen molar-refractivity contribution in [1.82, 2.24) is 0 Å². The highest BCUT2D eigenvalue weighted by atomic mass is 16.6. The van der Waals surface area contributed by atoms with Gasteiger partial charge in [-0.3, -0.25) is 10.1 Å². The Labute approximate surface area is 90.2 Å². The summed E-state index contributed by atoms with van der Waals surface area (Å²) in [6, 6.07) is 0. The molecule has 0 aromatic carbocycles. The minimum absolute atomic E-state index is 0.0310. The van der Waals surface area contributed by atoms with Crippen molar-refractivity contribution in [3.63, 3.8) is 0 Å². The van der Waals surface area contributed by atoms with Crippen LogP contribution in [0.1, 0.15) is 45.4 Å². The highest BCUT2D eigenvalue weighted by Crippen LogP contribution is 2.45. The van der Waals surface area contributed by atoms with E-state index in [0.717, 1.165) is 44.8 Å². The van der Waals surface area contributed by atoms with Gasteiger partial charge < -0.3 is 4.79 Å². The Kier molecular flexibility index (Phi) is 4.24. The Morgan fingerprint density at radius 3 is 2.87 bits per heavy atom. The maximum atomic E-state index is 11.2. The summed E-state index contributed by atoms with van der Waals surface area (Å²) in [5.74, 6) is -0.0310. The number of carbonyl (C=O) groups excluding carboxylic acids is 1. The van der Waals surface area contributed by atoms with Crippen LogP contribution in [0.25, 0.3) is 0 Å². The van der Waals surface area contributed by atoms with E-state index in [9.17, 15) is 14.9 Å². The van der Waals surface area contributed by atoms with Gasteiger partial charge in [0.1, 0.15) is 6.29 Å². The maximum Gasteiger partial charge on any atom is 0.207 e. The van der Waals surface area contributed by atoms with Crippen molar-refractivity contribution in [1.29, 1.82) is 0 Å². The van der Waals surface area contributed by atoms with E-state index >= 15 is 0 Å². The topological polar surface area (TPSA) is 60.2 Å². The summed E-state index contributed by atoms with van der Waals surface area (Å²) in [7, 11) is 0. The van der Waals surface area contributed by atoms with Crippen LogP contribution in [-0.2, 0) is 4.79 Å². The molecule has 0 amide bonds. The van der Waals surface area contributed by atoms with Crippen LogP contribution in [0.2, 0.25) is 0 Å². The fraction of sp³-hybridized carbons (Fsp3) is 0.909. The van der Waals surface area contributed by atoms with Crippen molar-refractivity contribution in [3.05, 3.63) is 10.1 Å². The normalized spacial score (nSPS) is 30.3. The van der Waals surface area contributed by atoms with Gasteiger partial charge in [0.05, 0.1) is 0 Å². The number of aldehydes is 1. The average Bonchev–Trinajstić information content (AvgIpc) is 2.58. The zero-order chi connectivity index (χ0) is 11.3. The maximum absolute atomic E-state index is 11.2. The summed E-state index contributed by atoms with van der Waals surface area (Å²) < 4.78 is 0. The largest absolute Gasteiger partial charge is 0.303 e. The lowest BCUT2D eigenvalue weighted by atomic mass is 9.75.